The molecule has 0 saturated carbocycles. The number of para-hydroxylation sites is 3. The molecule has 0 aromatic heterocycles. The summed E-state index contributed by atoms with van der Waals surface area (Å²) < 4.78 is 7.31. The van der Waals surface area contributed by atoms with Crippen molar-refractivity contribution in [1.29, 1.82) is 0 Å². The molecule has 0 aliphatic carbocycles. The zero-order valence-electron chi connectivity index (χ0n) is 56.8. The molecule has 15 aromatic rings. The van der Waals surface area contributed by atoms with E-state index in [1.54, 1.807) is 0 Å². The van der Waals surface area contributed by atoms with E-state index < -0.39 is 0 Å². The molecular weight excluding hydrogens is 1200 g/mol. The van der Waals surface area contributed by atoms with Crippen LogP contribution in [0.5, 0.6) is 11.5 Å². The SMILES string of the molecule is C=C/C=C\c1c(C)c2ccccc2c2ccc(N3c4cc5c(cc4B4c6ccccc6N(c6c(-c7ccccc7)cccc6-c6ccccc6)c6cc(C(C)(C)C)cc3c64)B3c4ccccc4Oc4cc(C(C)(C)C)cc(c43)N5c3ccc4c5ccccc5c5ccccc5c4c3)cc12. The van der Waals surface area contributed by atoms with Gasteiger partial charge >= 0.3 is 0 Å². The second-order valence-electron chi connectivity index (χ2n) is 29.5. The zero-order valence-corrected chi connectivity index (χ0v) is 56.8. The van der Waals surface area contributed by atoms with E-state index in [-0.39, 0.29) is 24.3 Å². The van der Waals surface area contributed by atoms with Crippen LogP contribution in [0.2, 0.25) is 0 Å². The summed E-state index contributed by atoms with van der Waals surface area (Å²) in [4.78, 5) is 7.93. The highest BCUT2D eigenvalue weighted by Crippen LogP contribution is 2.54. The summed E-state index contributed by atoms with van der Waals surface area (Å²) >= 11 is 0. The van der Waals surface area contributed by atoms with Crippen LogP contribution < -0.4 is 52.2 Å². The fraction of sp³-hybridized carbons (Fsp3) is 0.0968. The van der Waals surface area contributed by atoms with E-state index in [1.165, 1.54) is 109 Å². The van der Waals surface area contributed by atoms with Crippen LogP contribution in [-0.2, 0) is 10.8 Å². The largest absolute Gasteiger partial charge is 0.458 e. The second-order valence-corrected chi connectivity index (χ2v) is 29.5. The Kier molecular flexibility index (Phi) is 13.0. The summed E-state index contributed by atoms with van der Waals surface area (Å²) in [5, 5.41) is 12.3. The lowest BCUT2D eigenvalue weighted by atomic mass is 9.30. The summed E-state index contributed by atoms with van der Waals surface area (Å²) in [6.07, 6.45) is 6.26. The van der Waals surface area contributed by atoms with Gasteiger partial charge in [-0.15, -0.1) is 0 Å². The van der Waals surface area contributed by atoms with Crippen LogP contribution in [0.1, 0.15) is 63.8 Å². The van der Waals surface area contributed by atoms with Crippen molar-refractivity contribution < 1.29 is 4.74 Å². The minimum Gasteiger partial charge on any atom is -0.458 e. The lowest BCUT2D eigenvalue weighted by molar-refractivity contribution is 0.483. The summed E-state index contributed by atoms with van der Waals surface area (Å²) in [7, 11) is 0. The molecule has 0 unspecified atom stereocenters. The Morgan fingerprint density at radius 3 is 1.38 bits per heavy atom. The van der Waals surface area contributed by atoms with Crippen molar-refractivity contribution >= 4 is 157 Å². The number of benzene rings is 15. The van der Waals surface area contributed by atoms with E-state index in [0.717, 1.165) is 84.7 Å². The monoisotopic (exact) mass is 1270 g/mol. The van der Waals surface area contributed by atoms with Crippen LogP contribution in [-0.4, -0.2) is 13.4 Å². The molecule has 15 aromatic carbocycles. The van der Waals surface area contributed by atoms with Crippen molar-refractivity contribution in [3.63, 3.8) is 0 Å². The van der Waals surface area contributed by atoms with Gasteiger partial charge < -0.3 is 19.4 Å². The zero-order chi connectivity index (χ0) is 66.7. The highest BCUT2D eigenvalue weighted by Gasteiger charge is 2.49. The van der Waals surface area contributed by atoms with Gasteiger partial charge in [-0.1, -0.05) is 273 Å². The van der Waals surface area contributed by atoms with Gasteiger partial charge in [-0.25, -0.2) is 0 Å². The smallest absolute Gasteiger partial charge is 0.256 e. The molecule has 0 amide bonds. The van der Waals surface area contributed by atoms with E-state index in [0.29, 0.717) is 0 Å². The van der Waals surface area contributed by atoms with Crippen molar-refractivity contribution in [2.24, 2.45) is 0 Å². The van der Waals surface area contributed by atoms with E-state index >= 15 is 0 Å². The quantitative estimate of drug-likeness (QED) is 0.0899. The standard InChI is InChI=1S/C93H71B2N3O/c1-9-10-32-65-57(2)64-33-17-18-34-68(64)73-47-45-62(53-75(65)73)96-82-56-83-80(95-78-42-24-26-44-87(78)99-88-52-61(93(6,7)8)51-86(90(88)95)97(83)63-46-48-74-71-37-20-19-35-69(71)70-36-21-22-38-72(70)76(74)54-63)55-79(82)94-77-41-23-25-43-81(77)98(85-50-60(92(3,4)5)49-84(96)89(85)94)91-66(58-28-13-11-14-29-58)39-27-40-67(91)59-30-15-12-16-31-59/h9-56H,1H2,2-8H3/b32-10-. The van der Waals surface area contributed by atoms with Crippen molar-refractivity contribution in [2.45, 2.75) is 59.3 Å². The van der Waals surface area contributed by atoms with Gasteiger partial charge in [0.2, 0.25) is 0 Å². The fourth-order valence-corrected chi connectivity index (χ4v) is 17.2. The lowest BCUT2D eigenvalue weighted by Crippen LogP contribution is -2.64. The fourth-order valence-electron chi connectivity index (χ4n) is 17.2. The molecule has 0 fully saturated rings. The van der Waals surface area contributed by atoms with Gasteiger partial charge in [0.25, 0.3) is 13.4 Å². The van der Waals surface area contributed by atoms with Crippen molar-refractivity contribution in [3.05, 3.63) is 314 Å². The van der Waals surface area contributed by atoms with Gasteiger partial charge in [-0.3, -0.25) is 0 Å². The Balaban J connectivity index is 0.970. The highest BCUT2D eigenvalue weighted by atomic mass is 16.5. The van der Waals surface area contributed by atoms with Crippen molar-refractivity contribution in [3.8, 4) is 33.8 Å². The Hall–Kier alpha value is -11.6. The molecule has 0 N–H and O–H groups in total. The Morgan fingerprint density at radius 2 is 0.798 bits per heavy atom. The molecule has 0 bridgehead atoms. The molecule has 4 nitrogen and oxygen atoms in total. The van der Waals surface area contributed by atoms with Crippen LogP contribution >= 0.6 is 0 Å². The normalized spacial score (nSPS) is 13.6. The molecule has 0 saturated heterocycles. The average Bonchev–Trinajstić information content (AvgIpc) is 0.685. The Labute approximate surface area is 580 Å². The molecule has 4 heterocycles. The maximum absolute atomic E-state index is 7.31. The summed E-state index contributed by atoms with van der Waals surface area (Å²) in [5.74, 6) is 1.79. The molecule has 0 radical (unpaired) electrons. The maximum atomic E-state index is 7.31. The number of aryl methyl sites for hydroxylation is 1. The molecule has 470 valence electrons. The summed E-state index contributed by atoms with van der Waals surface area (Å²) in [6.45, 7) is 20.2. The van der Waals surface area contributed by atoms with Crippen molar-refractivity contribution in [1.82, 2.24) is 0 Å². The molecule has 4 aliphatic heterocycles. The van der Waals surface area contributed by atoms with Crippen LogP contribution in [0, 0.1) is 6.92 Å². The number of rotatable bonds is 7. The van der Waals surface area contributed by atoms with E-state index in [4.69, 9.17) is 4.74 Å². The molecule has 19 rings (SSSR count). The number of nitrogens with zero attached hydrogens (tertiary/aromatic N) is 3. The minimum absolute atomic E-state index is 0.175. The molecule has 99 heavy (non-hydrogen) atoms. The second kappa shape index (κ2) is 22.0. The van der Waals surface area contributed by atoms with E-state index in [1.807, 2.05) is 6.08 Å². The topological polar surface area (TPSA) is 19.0 Å². The van der Waals surface area contributed by atoms with Crippen LogP contribution in [0.4, 0.5) is 51.2 Å². The average molecular weight is 1270 g/mol. The molecule has 0 spiro atoms. The molecule has 6 heteroatoms. The van der Waals surface area contributed by atoms with Gasteiger partial charge in [-0.05, 0) is 205 Å². The first-order valence-corrected chi connectivity index (χ1v) is 34.9. The predicted molar refractivity (Wildman–Crippen MR) is 426 cm³/mol. The maximum Gasteiger partial charge on any atom is 0.256 e. The van der Waals surface area contributed by atoms with Gasteiger partial charge in [0, 0.05) is 56.6 Å². The first-order valence-electron chi connectivity index (χ1n) is 34.9. The van der Waals surface area contributed by atoms with Crippen LogP contribution in [0.15, 0.2) is 292 Å². The van der Waals surface area contributed by atoms with Gasteiger partial charge in [0.1, 0.15) is 11.5 Å². The number of hydrogen-bond donors (Lipinski definition) is 0. The molecular formula is C93H71B2N3O. The van der Waals surface area contributed by atoms with Crippen LogP contribution in [0.25, 0.3) is 82.2 Å². The van der Waals surface area contributed by atoms with Crippen molar-refractivity contribution in [2.75, 3.05) is 14.7 Å². The number of fused-ring (bicyclic) bond motifs is 17. The third-order valence-corrected chi connectivity index (χ3v) is 21.9. The summed E-state index contributed by atoms with van der Waals surface area (Å²) in [6, 6.07) is 104. The number of ether oxygens (including phenoxy) is 1. The number of anilines is 9. The number of hydrogen-bond acceptors (Lipinski definition) is 4. The van der Waals surface area contributed by atoms with Gasteiger partial charge in [0.15, 0.2) is 0 Å². The molecule has 4 aliphatic rings. The Morgan fingerprint density at radius 1 is 0.343 bits per heavy atom. The Bertz CT molecular complexity index is 5900. The lowest BCUT2D eigenvalue weighted by Gasteiger charge is -2.47. The minimum atomic E-state index is -0.278. The van der Waals surface area contributed by atoms with Gasteiger partial charge in [-0.2, -0.15) is 0 Å². The first-order chi connectivity index (χ1) is 48.3. The van der Waals surface area contributed by atoms with Gasteiger partial charge in [0.05, 0.1) is 5.69 Å². The number of allylic oxidation sites excluding steroid dienone is 2. The predicted octanol–water partition coefficient (Wildman–Crippen LogP) is 21.4. The summed E-state index contributed by atoms with van der Waals surface area (Å²) in [5.41, 5.74) is 26.6. The van der Waals surface area contributed by atoms with E-state index in [9.17, 15) is 0 Å². The third-order valence-electron chi connectivity index (χ3n) is 21.9. The highest BCUT2D eigenvalue weighted by molar-refractivity contribution is 7.02. The molecule has 0 atom stereocenters. The van der Waals surface area contributed by atoms with Crippen LogP contribution in [0.3, 0.4) is 0 Å². The van der Waals surface area contributed by atoms with E-state index in [2.05, 4.69) is 355 Å². The first kappa shape index (κ1) is 58.7. The third kappa shape index (κ3) is 8.87.